The number of carbonyl (C=O) groups is 1. The van der Waals surface area contributed by atoms with E-state index in [1.807, 2.05) is 0 Å². The molecule has 1 amide bonds. The molecule has 11 heteroatoms. The summed E-state index contributed by atoms with van der Waals surface area (Å²) in [7, 11) is 5.14. The van der Waals surface area contributed by atoms with Crippen molar-refractivity contribution in [3.8, 4) is 5.88 Å². The summed E-state index contributed by atoms with van der Waals surface area (Å²) < 4.78 is 41.5. The van der Waals surface area contributed by atoms with Crippen LogP contribution in [0, 0.1) is 5.41 Å². The number of hydrogen-bond donors (Lipinski definition) is 2. The van der Waals surface area contributed by atoms with Crippen molar-refractivity contribution in [1.82, 2.24) is 20.5 Å². The maximum Gasteiger partial charge on any atom is 0.422 e. The maximum absolute atomic E-state index is 12.6. The van der Waals surface area contributed by atoms with Gasteiger partial charge in [-0.15, -0.1) is 24.0 Å². The molecule has 0 aromatic carbocycles. The van der Waals surface area contributed by atoms with Gasteiger partial charge >= 0.3 is 6.18 Å². The van der Waals surface area contributed by atoms with Crippen LogP contribution in [0.15, 0.2) is 23.3 Å². The molecule has 0 aliphatic heterocycles. The molecular formula is C19H29F3IN5O2. The number of amides is 1. The molecule has 30 heavy (non-hydrogen) atoms. The van der Waals surface area contributed by atoms with Crippen molar-refractivity contribution in [2.24, 2.45) is 10.4 Å². The Bertz CT molecular complexity index is 722. The van der Waals surface area contributed by atoms with Gasteiger partial charge < -0.3 is 20.3 Å². The first-order valence-corrected chi connectivity index (χ1v) is 9.46. The molecule has 1 aliphatic carbocycles. The topological polar surface area (TPSA) is 78.9 Å². The molecule has 2 N–H and O–H groups in total. The first-order valence-electron chi connectivity index (χ1n) is 9.46. The Morgan fingerprint density at radius 1 is 1.30 bits per heavy atom. The molecule has 0 saturated heterocycles. The minimum Gasteiger partial charge on any atom is -0.468 e. The van der Waals surface area contributed by atoms with E-state index in [4.69, 9.17) is 0 Å². The number of nitrogens with one attached hydrogen (secondary N) is 2. The number of rotatable bonds is 7. The van der Waals surface area contributed by atoms with E-state index in [1.54, 1.807) is 32.1 Å². The van der Waals surface area contributed by atoms with E-state index >= 15 is 0 Å². The highest BCUT2D eigenvalue weighted by Crippen LogP contribution is 2.38. The lowest BCUT2D eigenvalue weighted by atomic mass is 9.84. The SMILES string of the molecule is CN=C(NCc1ccnc(OCC(F)(F)F)c1)NCC1(C(=O)N(C)C)CCCC1.I. The summed E-state index contributed by atoms with van der Waals surface area (Å²) in [5.74, 6) is 0.530. The van der Waals surface area contributed by atoms with Crippen molar-refractivity contribution in [3.63, 3.8) is 0 Å². The van der Waals surface area contributed by atoms with Crippen LogP contribution in [0.1, 0.15) is 31.2 Å². The molecule has 0 radical (unpaired) electrons. The van der Waals surface area contributed by atoms with E-state index in [1.165, 1.54) is 12.3 Å². The van der Waals surface area contributed by atoms with Crippen LogP contribution in [-0.2, 0) is 11.3 Å². The van der Waals surface area contributed by atoms with Gasteiger partial charge in [0.15, 0.2) is 12.6 Å². The van der Waals surface area contributed by atoms with Crippen LogP contribution in [0.4, 0.5) is 13.2 Å². The molecule has 0 spiro atoms. The summed E-state index contributed by atoms with van der Waals surface area (Å²) in [5, 5.41) is 6.32. The van der Waals surface area contributed by atoms with Gasteiger partial charge in [0, 0.05) is 46.5 Å². The number of guanidine groups is 1. The summed E-state index contributed by atoms with van der Waals surface area (Å²) in [5.41, 5.74) is 0.260. The standard InChI is InChI=1S/C19H28F3N5O2.HI/c1-23-17(26-12-18(7-4-5-8-18)16(28)27(2)3)25-11-14-6-9-24-15(10-14)29-13-19(20,21)22;/h6,9-10H,4-5,7-8,11-13H2,1-3H3,(H2,23,25,26);1H. The molecule has 1 fully saturated rings. The summed E-state index contributed by atoms with van der Waals surface area (Å²) in [6, 6.07) is 3.12. The van der Waals surface area contributed by atoms with Crippen LogP contribution in [-0.4, -0.2) is 62.2 Å². The number of hydrogen-bond acceptors (Lipinski definition) is 4. The quantitative estimate of drug-likeness (QED) is 0.314. The number of alkyl halides is 3. The minimum absolute atomic E-state index is 0. The van der Waals surface area contributed by atoms with Crippen LogP contribution in [0.2, 0.25) is 0 Å². The molecular weight excluding hydrogens is 514 g/mol. The smallest absolute Gasteiger partial charge is 0.422 e. The molecule has 0 atom stereocenters. The molecule has 1 saturated carbocycles. The van der Waals surface area contributed by atoms with Crippen LogP contribution >= 0.6 is 24.0 Å². The van der Waals surface area contributed by atoms with Crippen molar-refractivity contribution in [2.45, 2.75) is 38.4 Å². The Morgan fingerprint density at radius 2 is 1.97 bits per heavy atom. The normalized spacial score (nSPS) is 15.9. The minimum atomic E-state index is -4.41. The maximum atomic E-state index is 12.6. The number of carbonyl (C=O) groups excluding carboxylic acids is 1. The van der Waals surface area contributed by atoms with Crippen molar-refractivity contribution < 1.29 is 22.7 Å². The molecule has 0 bridgehead atoms. The molecule has 2 rings (SSSR count). The molecule has 0 unspecified atom stereocenters. The zero-order valence-electron chi connectivity index (χ0n) is 17.4. The number of halogens is 4. The Kier molecular flexibility index (Phi) is 10.1. The second-order valence-corrected chi connectivity index (χ2v) is 7.37. The Balaban J connectivity index is 0.00000450. The summed E-state index contributed by atoms with van der Waals surface area (Å²) >= 11 is 0. The van der Waals surface area contributed by atoms with Crippen molar-refractivity contribution in [3.05, 3.63) is 23.9 Å². The van der Waals surface area contributed by atoms with Gasteiger partial charge in [-0.05, 0) is 24.5 Å². The van der Waals surface area contributed by atoms with Crippen molar-refractivity contribution in [1.29, 1.82) is 0 Å². The third-order valence-corrected chi connectivity index (χ3v) is 4.88. The Hall–Kier alpha value is -1.79. The summed E-state index contributed by atoms with van der Waals surface area (Å²) in [6.07, 6.45) is 0.677. The van der Waals surface area contributed by atoms with Gasteiger partial charge in [0.25, 0.3) is 0 Å². The predicted molar refractivity (Wildman–Crippen MR) is 119 cm³/mol. The number of ether oxygens (including phenoxy) is 1. The second kappa shape index (κ2) is 11.6. The molecule has 170 valence electrons. The van der Waals surface area contributed by atoms with Gasteiger partial charge in [-0.3, -0.25) is 9.79 Å². The lowest BCUT2D eigenvalue weighted by Crippen LogP contribution is -2.49. The van der Waals surface area contributed by atoms with E-state index in [0.717, 1.165) is 25.7 Å². The van der Waals surface area contributed by atoms with Crippen molar-refractivity contribution >= 4 is 35.8 Å². The first kappa shape index (κ1) is 26.2. The summed E-state index contributed by atoms with van der Waals surface area (Å²) in [4.78, 5) is 22.2. The average Bonchev–Trinajstić information content (AvgIpc) is 3.15. The molecule has 7 nitrogen and oxygen atoms in total. The number of aromatic nitrogens is 1. The van der Waals surface area contributed by atoms with Gasteiger partial charge in [-0.25, -0.2) is 4.98 Å². The van der Waals surface area contributed by atoms with Gasteiger partial charge in [-0.2, -0.15) is 13.2 Å². The second-order valence-electron chi connectivity index (χ2n) is 7.37. The van der Waals surface area contributed by atoms with Gasteiger partial charge in [0.1, 0.15) is 0 Å². The monoisotopic (exact) mass is 543 g/mol. The lowest BCUT2D eigenvalue weighted by molar-refractivity contribution is -0.154. The summed E-state index contributed by atoms with van der Waals surface area (Å²) in [6.45, 7) is -0.596. The molecule has 1 heterocycles. The van der Waals surface area contributed by atoms with Gasteiger partial charge in [0.2, 0.25) is 11.8 Å². The largest absolute Gasteiger partial charge is 0.468 e. The third kappa shape index (κ3) is 7.80. The van der Waals surface area contributed by atoms with Crippen LogP contribution in [0.3, 0.4) is 0 Å². The van der Waals surface area contributed by atoms with E-state index < -0.39 is 18.2 Å². The number of nitrogens with zero attached hydrogens (tertiary/aromatic N) is 3. The molecule has 1 aromatic rings. The zero-order chi connectivity index (χ0) is 21.5. The average molecular weight is 543 g/mol. The van der Waals surface area contributed by atoms with E-state index in [9.17, 15) is 18.0 Å². The van der Waals surface area contributed by atoms with E-state index in [-0.39, 0.29) is 35.8 Å². The fourth-order valence-corrected chi connectivity index (χ4v) is 3.45. The highest BCUT2D eigenvalue weighted by molar-refractivity contribution is 14.0. The highest BCUT2D eigenvalue weighted by atomic mass is 127. The van der Waals surface area contributed by atoms with E-state index in [2.05, 4.69) is 25.3 Å². The molecule has 1 aliphatic rings. The zero-order valence-corrected chi connectivity index (χ0v) is 19.7. The highest BCUT2D eigenvalue weighted by Gasteiger charge is 2.42. The van der Waals surface area contributed by atoms with Crippen molar-refractivity contribution in [2.75, 3.05) is 34.3 Å². The third-order valence-electron chi connectivity index (χ3n) is 4.88. The molecule has 1 aromatic heterocycles. The van der Waals surface area contributed by atoms with Crippen LogP contribution in [0.5, 0.6) is 5.88 Å². The van der Waals surface area contributed by atoms with E-state index in [0.29, 0.717) is 24.6 Å². The number of pyridine rings is 1. The van der Waals surface area contributed by atoms with Crippen LogP contribution < -0.4 is 15.4 Å². The van der Waals surface area contributed by atoms with Gasteiger partial charge in [0.05, 0.1) is 5.41 Å². The fraction of sp³-hybridized carbons (Fsp3) is 0.632. The fourth-order valence-electron chi connectivity index (χ4n) is 3.45. The Morgan fingerprint density at radius 3 is 2.53 bits per heavy atom. The van der Waals surface area contributed by atoms with Gasteiger partial charge in [-0.1, -0.05) is 12.8 Å². The van der Waals surface area contributed by atoms with Crippen LogP contribution in [0.25, 0.3) is 0 Å². The lowest BCUT2D eigenvalue weighted by Gasteiger charge is -2.31. The predicted octanol–water partition coefficient (Wildman–Crippen LogP) is 2.95. The first-order chi connectivity index (χ1) is 13.6. The Labute approximate surface area is 191 Å². The number of aliphatic imine (C=N–C) groups is 1.